The number of allylic oxidation sites excluding steroid dienone is 2. The molecule has 0 bridgehead atoms. The zero-order chi connectivity index (χ0) is 40.4. The molecule has 0 radical (unpaired) electrons. The lowest BCUT2D eigenvalue weighted by Gasteiger charge is -2.36. The van der Waals surface area contributed by atoms with Gasteiger partial charge in [-0.25, -0.2) is 0 Å². The van der Waals surface area contributed by atoms with E-state index in [4.69, 9.17) is 16.6 Å². The number of aliphatic imine (C=N–C) groups is 1. The van der Waals surface area contributed by atoms with Gasteiger partial charge in [-0.15, -0.1) is 28.1 Å². The maximum absolute atomic E-state index is 6.03. The van der Waals surface area contributed by atoms with E-state index in [2.05, 4.69) is 113 Å². The lowest BCUT2D eigenvalue weighted by molar-refractivity contribution is 0.297. The molecule has 3 aliphatic heterocycles. The molecule has 1 fully saturated rings. The van der Waals surface area contributed by atoms with Gasteiger partial charge in [-0.05, 0) is 90.2 Å². The van der Waals surface area contributed by atoms with Crippen molar-refractivity contribution in [3.05, 3.63) is 148 Å². The summed E-state index contributed by atoms with van der Waals surface area (Å²) in [7, 11) is 1.99. The lowest BCUT2D eigenvalue weighted by atomic mass is 10.00. The standard InChI is InChI=1S/C24H35N5.C17H15ClN4S.C4H8/c1-17-11-12-24(19(3)28-17)29-16-22-21(20(29)4)9-8-10-23(22)27-15-18(2)26-14-7-6-13-25-5;1-9-10(2)23-17-15(9)16(12-4-6-13(18)7-5-12)19-8-14-21-20-11(3)22(14)17;1-3-4-2/h8-10,24-28H,1-4,6-7,11-16H2,5H3;4-7H,8H2,1-3H3;3H,1,4H2,2H3. The SMILES string of the molecule is C=C(CNc1cccc2c1CN(C1CCC(=C)NC1=C)C2=C)NCCCCNC.C=CCC.Cc1sc2c(c1C)C(c1ccc(Cl)cc1)=NCc1nnc(C)n1-2. The molecule has 11 heteroatoms. The van der Waals surface area contributed by atoms with Crippen LogP contribution in [0.25, 0.3) is 10.7 Å². The van der Waals surface area contributed by atoms with E-state index in [1.165, 1.54) is 33.6 Å². The van der Waals surface area contributed by atoms with Crippen molar-refractivity contribution in [1.29, 1.82) is 0 Å². The Morgan fingerprint density at radius 3 is 2.48 bits per heavy atom. The highest BCUT2D eigenvalue weighted by atomic mass is 35.5. The largest absolute Gasteiger partial charge is 0.387 e. The second-order valence-electron chi connectivity index (χ2n) is 14.2. The molecule has 0 aliphatic carbocycles. The van der Waals surface area contributed by atoms with Crippen LogP contribution in [0, 0.1) is 20.8 Å². The van der Waals surface area contributed by atoms with Gasteiger partial charge in [-0.2, -0.15) is 0 Å². The minimum atomic E-state index is 0.252. The third-order valence-corrected chi connectivity index (χ3v) is 11.6. The molecule has 5 heterocycles. The smallest absolute Gasteiger partial charge is 0.160 e. The van der Waals surface area contributed by atoms with E-state index >= 15 is 0 Å². The maximum Gasteiger partial charge on any atom is 0.160 e. The molecule has 1 atom stereocenters. The Hall–Kier alpha value is -4.90. The summed E-state index contributed by atoms with van der Waals surface area (Å²) in [5.74, 6) is 1.78. The number of nitrogens with one attached hydrogen (secondary N) is 4. The van der Waals surface area contributed by atoms with Gasteiger partial charge >= 0.3 is 0 Å². The molecule has 0 saturated carbocycles. The number of thiophene rings is 1. The minimum absolute atomic E-state index is 0.252. The second kappa shape index (κ2) is 19.8. The number of rotatable bonds is 12. The predicted molar refractivity (Wildman–Crippen MR) is 239 cm³/mol. The summed E-state index contributed by atoms with van der Waals surface area (Å²) >= 11 is 7.80. The van der Waals surface area contributed by atoms with Crippen LogP contribution in [-0.2, 0) is 13.1 Å². The first-order valence-corrected chi connectivity index (χ1v) is 20.6. The highest BCUT2D eigenvalue weighted by molar-refractivity contribution is 7.15. The van der Waals surface area contributed by atoms with Crippen molar-refractivity contribution in [3.8, 4) is 5.00 Å². The maximum atomic E-state index is 6.03. The van der Waals surface area contributed by atoms with Crippen molar-refractivity contribution < 1.29 is 0 Å². The van der Waals surface area contributed by atoms with Gasteiger partial charge in [0.1, 0.15) is 17.4 Å². The fraction of sp³-hybridized carbons (Fsp3) is 0.356. The number of hydrogen-bond acceptors (Lipinski definition) is 9. The van der Waals surface area contributed by atoms with Crippen LogP contribution in [0.2, 0.25) is 5.02 Å². The van der Waals surface area contributed by atoms with Gasteiger partial charge in [0.25, 0.3) is 0 Å². The third-order valence-electron chi connectivity index (χ3n) is 10.2. The quantitative estimate of drug-likeness (QED) is 0.0839. The lowest BCUT2D eigenvalue weighted by Crippen LogP contribution is -2.39. The summed E-state index contributed by atoms with van der Waals surface area (Å²) in [5.41, 5.74) is 12.4. The van der Waals surface area contributed by atoms with E-state index in [-0.39, 0.29) is 6.04 Å². The third kappa shape index (κ3) is 9.90. The average molecular weight is 793 g/mol. The van der Waals surface area contributed by atoms with Crippen LogP contribution >= 0.6 is 22.9 Å². The molecule has 1 saturated heterocycles. The summed E-state index contributed by atoms with van der Waals surface area (Å²) < 4.78 is 2.13. The first kappa shape index (κ1) is 42.2. The van der Waals surface area contributed by atoms with E-state index in [1.807, 2.05) is 44.3 Å². The number of fused-ring (bicyclic) bond motifs is 4. The molecule has 7 rings (SSSR count). The highest BCUT2D eigenvalue weighted by Gasteiger charge is 2.33. The molecule has 1 unspecified atom stereocenters. The number of hydrogen-bond donors (Lipinski definition) is 4. The van der Waals surface area contributed by atoms with E-state index in [0.29, 0.717) is 13.1 Å². The zero-order valence-electron chi connectivity index (χ0n) is 33.8. The fourth-order valence-corrected chi connectivity index (χ4v) is 8.31. The summed E-state index contributed by atoms with van der Waals surface area (Å²) in [6, 6.07) is 14.5. The molecule has 2 aromatic heterocycles. The van der Waals surface area contributed by atoms with E-state index in [0.717, 1.165) is 107 Å². The Labute approximate surface area is 343 Å². The van der Waals surface area contributed by atoms with Gasteiger partial charge < -0.3 is 26.2 Å². The van der Waals surface area contributed by atoms with Gasteiger partial charge in [0.2, 0.25) is 0 Å². The number of halogens is 1. The molecule has 0 spiro atoms. The van der Waals surface area contributed by atoms with E-state index < -0.39 is 0 Å². The van der Waals surface area contributed by atoms with Crippen LogP contribution in [0.3, 0.4) is 0 Å². The first-order chi connectivity index (χ1) is 27.0. The van der Waals surface area contributed by atoms with Crippen molar-refractivity contribution >= 4 is 40.0 Å². The summed E-state index contributed by atoms with van der Waals surface area (Å²) in [6.45, 7) is 32.7. The van der Waals surface area contributed by atoms with E-state index in [9.17, 15) is 0 Å². The molecule has 56 heavy (non-hydrogen) atoms. The van der Waals surface area contributed by atoms with Gasteiger partial charge in [-0.1, -0.05) is 75.2 Å². The predicted octanol–water partition coefficient (Wildman–Crippen LogP) is 9.61. The number of aryl methyl sites for hydroxylation is 2. The average Bonchev–Trinajstić information content (AvgIpc) is 3.78. The number of nitrogens with zero attached hydrogens (tertiary/aromatic N) is 5. The minimum Gasteiger partial charge on any atom is -0.387 e. The van der Waals surface area contributed by atoms with Crippen LogP contribution in [0.4, 0.5) is 5.69 Å². The first-order valence-electron chi connectivity index (χ1n) is 19.4. The van der Waals surface area contributed by atoms with E-state index in [1.54, 1.807) is 11.3 Å². The molecular formula is C45H58ClN9S. The van der Waals surface area contributed by atoms with Gasteiger partial charge in [0, 0.05) is 73.7 Å². The van der Waals surface area contributed by atoms with Crippen LogP contribution < -0.4 is 21.3 Å². The van der Waals surface area contributed by atoms with Crippen molar-refractivity contribution in [2.75, 3.05) is 32.0 Å². The molecule has 4 aromatic rings. The number of anilines is 1. The van der Waals surface area contributed by atoms with Crippen LogP contribution in [0.1, 0.15) is 83.4 Å². The topological polar surface area (TPSA) is 94.4 Å². The second-order valence-corrected chi connectivity index (χ2v) is 15.9. The molecule has 296 valence electrons. The molecule has 0 amide bonds. The van der Waals surface area contributed by atoms with Gasteiger partial charge in [0.05, 0.1) is 18.3 Å². The van der Waals surface area contributed by atoms with Crippen LogP contribution in [0.5, 0.6) is 0 Å². The van der Waals surface area contributed by atoms with Crippen LogP contribution in [0.15, 0.2) is 104 Å². The molecule has 9 nitrogen and oxygen atoms in total. The summed E-state index contributed by atoms with van der Waals surface area (Å²) in [4.78, 5) is 8.51. The number of benzene rings is 2. The molecular weight excluding hydrogens is 734 g/mol. The van der Waals surface area contributed by atoms with Gasteiger partial charge in [0.15, 0.2) is 5.82 Å². The van der Waals surface area contributed by atoms with Crippen molar-refractivity contribution in [2.45, 2.75) is 78.9 Å². The summed E-state index contributed by atoms with van der Waals surface area (Å²) in [6.07, 6.45) is 7.26. The Morgan fingerprint density at radius 2 is 1.79 bits per heavy atom. The molecule has 4 N–H and O–H groups in total. The van der Waals surface area contributed by atoms with Crippen LogP contribution in [-0.4, -0.2) is 58.1 Å². The number of aromatic nitrogens is 3. The highest BCUT2D eigenvalue weighted by Crippen LogP contribution is 2.40. The molecule has 3 aliphatic rings. The zero-order valence-corrected chi connectivity index (χ0v) is 35.4. The normalized spacial score (nSPS) is 15.5. The van der Waals surface area contributed by atoms with Crippen molar-refractivity contribution in [2.24, 2.45) is 4.99 Å². The fourth-order valence-electron chi connectivity index (χ4n) is 6.96. The van der Waals surface area contributed by atoms with Crippen molar-refractivity contribution in [1.82, 2.24) is 35.6 Å². The molecule has 2 aromatic carbocycles. The Balaban J connectivity index is 0.000000199. The Morgan fingerprint density at radius 1 is 1.05 bits per heavy atom. The Kier molecular flexibility index (Phi) is 14.9. The Bertz CT molecular complexity index is 2090. The monoisotopic (exact) mass is 791 g/mol. The van der Waals surface area contributed by atoms with Gasteiger partial charge in [-0.3, -0.25) is 9.56 Å². The number of unbranched alkanes of at least 4 members (excludes halogenated alkanes) is 1. The number of piperidine rings is 1. The summed E-state index contributed by atoms with van der Waals surface area (Å²) in [5, 5.41) is 23.9. The van der Waals surface area contributed by atoms with Crippen molar-refractivity contribution in [3.63, 3.8) is 0 Å².